The van der Waals surface area contributed by atoms with Gasteiger partial charge >= 0.3 is 0 Å². The first-order valence-corrected chi connectivity index (χ1v) is 8.52. The molecule has 0 saturated heterocycles. The maximum Gasteiger partial charge on any atom is 0.262 e. The number of rotatable bonds is 7. The summed E-state index contributed by atoms with van der Waals surface area (Å²) in [5.74, 6) is 0.158. The molecule has 3 rings (SSSR count). The summed E-state index contributed by atoms with van der Waals surface area (Å²) in [5, 5.41) is 2.71. The molecule has 0 saturated carbocycles. The highest BCUT2D eigenvalue weighted by Gasteiger charge is 2.10. The molecule has 0 bridgehead atoms. The highest BCUT2D eigenvalue weighted by molar-refractivity contribution is 6.09. The molecule has 0 atom stereocenters. The maximum absolute atomic E-state index is 13.0. The number of hydrogen-bond donors (Lipinski definition) is 1. The minimum Gasteiger partial charge on any atom is -0.497 e. The summed E-state index contributed by atoms with van der Waals surface area (Å²) in [6.07, 6.45) is 0. The van der Waals surface area contributed by atoms with Crippen LogP contribution in [-0.4, -0.2) is 25.4 Å². The van der Waals surface area contributed by atoms with E-state index in [1.165, 1.54) is 24.3 Å². The van der Waals surface area contributed by atoms with Gasteiger partial charge in [0.25, 0.3) is 5.91 Å². The number of benzene rings is 3. The Kier molecular flexibility index (Phi) is 6.01. The van der Waals surface area contributed by atoms with Crippen LogP contribution in [-0.2, 0) is 4.79 Å². The molecular formula is C22H18FNO4. The van der Waals surface area contributed by atoms with Gasteiger partial charge in [-0.15, -0.1) is 0 Å². The summed E-state index contributed by atoms with van der Waals surface area (Å²) in [7, 11) is 1.55. The number of nitrogens with one attached hydrogen (secondary N) is 1. The lowest BCUT2D eigenvalue weighted by molar-refractivity contribution is -0.118. The quantitative estimate of drug-likeness (QED) is 0.628. The topological polar surface area (TPSA) is 64.6 Å². The lowest BCUT2D eigenvalue weighted by Crippen LogP contribution is -2.20. The largest absolute Gasteiger partial charge is 0.497 e. The van der Waals surface area contributed by atoms with Crippen LogP contribution in [0, 0.1) is 5.82 Å². The van der Waals surface area contributed by atoms with Gasteiger partial charge in [-0.05, 0) is 60.7 Å². The van der Waals surface area contributed by atoms with Crippen molar-refractivity contribution in [2.75, 3.05) is 19.0 Å². The number of anilines is 1. The van der Waals surface area contributed by atoms with Gasteiger partial charge in [0, 0.05) is 22.9 Å². The van der Waals surface area contributed by atoms with Gasteiger partial charge in [-0.1, -0.05) is 6.07 Å². The number of carbonyl (C=O) groups excluding carboxylic acids is 2. The van der Waals surface area contributed by atoms with Crippen molar-refractivity contribution < 1.29 is 23.5 Å². The molecule has 142 valence electrons. The molecule has 0 aliphatic heterocycles. The number of hydrogen-bond acceptors (Lipinski definition) is 4. The molecule has 0 aliphatic rings. The maximum atomic E-state index is 13.0. The van der Waals surface area contributed by atoms with Gasteiger partial charge in [0.1, 0.15) is 17.3 Å². The second kappa shape index (κ2) is 8.81. The molecule has 0 aliphatic carbocycles. The van der Waals surface area contributed by atoms with Crippen molar-refractivity contribution in [3.63, 3.8) is 0 Å². The van der Waals surface area contributed by atoms with E-state index in [1.807, 2.05) is 0 Å². The Morgan fingerprint density at radius 1 is 0.893 bits per heavy atom. The molecule has 0 radical (unpaired) electrons. The van der Waals surface area contributed by atoms with Crippen molar-refractivity contribution in [3.05, 3.63) is 89.7 Å². The Balaban J connectivity index is 1.56. The van der Waals surface area contributed by atoms with E-state index in [0.29, 0.717) is 28.3 Å². The summed E-state index contributed by atoms with van der Waals surface area (Å²) >= 11 is 0. The van der Waals surface area contributed by atoms with Gasteiger partial charge in [-0.3, -0.25) is 9.59 Å². The minimum atomic E-state index is -0.396. The van der Waals surface area contributed by atoms with Crippen molar-refractivity contribution in [1.82, 2.24) is 0 Å². The summed E-state index contributed by atoms with van der Waals surface area (Å²) < 4.78 is 23.5. The zero-order valence-corrected chi connectivity index (χ0v) is 15.1. The molecular weight excluding hydrogens is 361 g/mol. The zero-order chi connectivity index (χ0) is 19.9. The Bertz CT molecular complexity index is 969. The van der Waals surface area contributed by atoms with Gasteiger partial charge < -0.3 is 14.8 Å². The molecule has 1 amide bonds. The number of halogens is 1. The van der Waals surface area contributed by atoms with Gasteiger partial charge in [-0.2, -0.15) is 0 Å². The highest BCUT2D eigenvalue weighted by Crippen LogP contribution is 2.18. The number of amides is 1. The minimum absolute atomic E-state index is 0.178. The Morgan fingerprint density at radius 3 is 2.18 bits per heavy atom. The summed E-state index contributed by atoms with van der Waals surface area (Å²) in [4.78, 5) is 24.4. The zero-order valence-electron chi connectivity index (χ0n) is 15.1. The van der Waals surface area contributed by atoms with Crippen LogP contribution in [0.25, 0.3) is 0 Å². The standard InChI is InChI=1S/C22H18FNO4/c1-27-20-4-2-3-18(13-20)24-21(25)14-28-19-11-7-16(8-12-19)22(26)15-5-9-17(23)10-6-15/h2-13H,14H2,1H3,(H,24,25). The van der Waals surface area contributed by atoms with E-state index in [0.717, 1.165) is 0 Å². The van der Waals surface area contributed by atoms with Crippen molar-refractivity contribution in [3.8, 4) is 11.5 Å². The van der Waals surface area contributed by atoms with Crippen LogP contribution in [0.1, 0.15) is 15.9 Å². The average Bonchev–Trinajstić information content (AvgIpc) is 2.73. The third-order valence-corrected chi connectivity index (χ3v) is 3.95. The van der Waals surface area contributed by atoms with Crippen LogP contribution in [0.5, 0.6) is 11.5 Å². The number of ketones is 1. The Morgan fingerprint density at radius 2 is 1.54 bits per heavy atom. The molecule has 0 heterocycles. The lowest BCUT2D eigenvalue weighted by Gasteiger charge is -2.09. The van der Waals surface area contributed by atoms with Crippen molar-refractivity contribution in [1.29, 1.82) is 0 Å². The van der Waals surface area contributed by atoms with Crippen LogP contribution < -0.4 is 14.8 Å². The monoisotopic (exact) mass is 379 g/mol. The van der Waals surface area contributed by atoms with Crippen molar-refractivity contribution in [2.24, 2.45) is 0 Å². The average molecular weight is 379 g/mol. The molecule has 0 aromatic heterocycles. The molecule has 3 aromatic rings. The van der Waals surface area contributed by atoms with Crippen molar-refractivity contribution in [2.45, 2.75) is 0 Å². The number of ether oxygens (including phenoxy) is 2. The van der Waals surface area contributed by atoms with Crippen LogP contribution >= 0.6 is 0 Å². The molecule has 0 spiro atoms. The van der Waals surface area contributed by atoms with E-state index in [2.05, 4.69) is 5.32 Å². The summed E-state index contributed by atoms with van der Waals surface area (Å²) in [6, 6.07) is 18.8. The van der Waals surface area contributed by atoms with Crippen LogP contribution in [0.3, 0.4) is 0 Å². The van der Waals surface area contributed by atoms with E-state index < -0.39 is 5.82 Å². The third kappa shape index (κ3) is 4.94. The van der Waals surface area contributed by atoms with Crippen molar-refractivity contribution >= 4 is 17.4 Å². The fraction of sp³-hybridized carbons (Fsp3) is 0.0909. The van der Waals surface area contributed by atoms with Gasteiger partial charge in [0.15, 0.2) is 12.4 Å². The second-order valence-electron chi connectivity index (χ2n) is 5.93. The fourth-order valence-corrected chi connectivity index (χ4v) is 2.52. The molecule has 6 heteroatoms. The van der Waals surface area contributed by atoms with E-state index in [-0.39, 0.29) is 18.3 Å². The lowest BCUT2D eigenvalue weighted by atomic mass is 10.0. The van der Waals surface area contributed by atoms with E-state index in [9.17, 15) is 14.0 Å². The van der Waals surface area contributed by atoms with Gasteiger partial charge in [0.2, 0.25) is 0 Å². The molecule has 1 N–H and O–H groups in total. The molecule has 5 nitrogen and oxygen atoms in total. The highest BCUT2D eigenvalue weighted by atomic mass is 19.1. The SMILES string of the molecule is COc1cccc(NC(=O)COc2ccc(C(=O)c3ccc(F)cc3)cc2)c1. The first-order valence-electron chi connectivity index (χ1n) is 8.52. The molecule has 3 aromatic carbocycles. The smallest absolute Gasteiger partial charge is 0.262 e. The van der Waals surface area contributed by atoms with E-state index in [1.54, 1.807) is 55.6 Å². The Hall–Kier alpha value is -3.67. The predicted molar refractivity (Wildman–Crippen MR) is 103 cm³/mol. The fourth-order valence-electron chi connectivity index (χ4n) is 2.52. The first kappa shape index (κ1) is 19.1. The summed E-state index contributed by atoms with van der Waals surface area (Å²) in [5.41, 5.74) is 1.45. The molecule has 0 unspecified atom stereocenters. The van der Waals surface area contributed by atoms with Gasteiger partial charge in [0.05, 0.1) is 7.11 Å². The molecule has 28 heavy (non-hydrogen) atoms. The number of methoxy groups -OCH3 is 1. The summed E-state index contributed by atoms with van der Waals surface area (Å²) in [6.45, 7) is -0.178. The van der Waals surface area contributed by atoms with Gasteiger partial charge in [-0.25, -0.2) is 4.39 Å². The molecule has 0 fully saturated rings. The third-order valence-electron chi connectivity index (χ3n) is 3.95. The number of carbonyl (C=O) groups is 2. The normalized spacial score (nSPS) is 10.2. The second-order valence-corrected chi connectivity index (χ2v) is 5.93. The van der Waals surface area contributed by atoms with E-state index >= 15 is 0 Å². The predicted octanol–water partition coefficient (Wildman–Crippen LogP) is 4.08. The van der Waals surface area contributed by atoms with Crippen LogP contribution in [0.4, 0.5) is 10.1 Å². The first-order chi connectivity index (χ1) is 13.5. The van der Waals surface area contributed by atoms with Crippen LogP contribution in [0.15, 0.2) is 72.8 Å². The van der Waals surface area contributed by atoms with Crippen LogP contribution in [0.2, 0.25) is 0 Å². The van der Waals surface area contributed by atoms with E-state index in [4.69, 9.17) is 9.47 Å². The Labute approximate surface area is 161 Å².